The van der Waals surface area contributed by atoms with Crippen molar-refractivity contribution in [3.63, 3.8) is 0 Å². The van der Waals surface area contributed by atoms with E-state index in [0.717, 1.165) is 5.56 Å². The lowest BCUT2D eigenvalue weighted by atomic mass is 10.2. The van der Waals surface area contributed by atoms with Crippen molar-refractivity contribution in [1.82, 2.24) is 0 Å². The molecule has 0 saturated heterocycles. The first-order valence-electron chi connectivity index (χ1n) is 7.81. The summed E-state index contributed by atoms with van der Waals surface area (Å²) in [5.41, 5.74) is 1.70. The quantitative estimate of drug-likeness (QED) is 0.562. The van der Waals surface area contributed by atoms with Crippen LogP contribution in [0.25, 0.3) is 0 Å². The third kappa shape index (κ3) is 6.46. The molecule has 0 heterocycles. The Morgan fingerprint density at radius 1 is 1.24 bits per heavy atom. The molecule has 2 rings (SSSR count). The molecule has 0 atom stereocenters. The highest BCUT2D eigenvalue weighted by Crippen LogP contribution is 2.20. The molecule has 0 saturated carbocycles. The Kier molecular flexibility index (Phi) is 6.82. The summed E-state index contributed by atoms with van der Waals surface area (Å²) in [6.07, 6.45) is 0.0724. The van der Waals surface area contributed by atoms with Gasteiger partial charge in [-0.3, -0.25) is 14.9 Å². The molecule has 0 aromatic heterocycles. The van der Waals surface area contributed by atoms with E-state index in [2.05, 4.69) is 5.32 Å². The van der Waals surface area contributed by atoms with Gasteiger partial charge in [-0.15, -0.1) is 11.8 Å². The van der Waals surface area contributed by atoms with Crippen LogP contribution in [0.15, 0.2) is 48.5 Å². The monoisotopic (exact) mass is 360 g/mol. The van der Waals surface area contributed by atoms with Crippen LogP contribution in [0, 0.1) is 10.1 Å². The summed E-state index contributed by atoms with van der Waals surface area (Å²) in [4.78, 5) is 22.2. The SMILES string of the molecule is CC(C)Oc1cccc(NC(=O)CSCc2ccc([N+](=O)[O-])cc2)c1. The summed E-state index contributed by atoms with van der Waals surface area (Å²) in [6.45, 7) is 3.89. The van der Waals surface area contributed by atoms with Gasteiger partial charge >= 0.3 is 0 Å². The number of carbonyl (C=O) groups is 1. The van der Waals surface area contributed by atoms with E-state index in [1.807, 2.05) is 32.0 Å². The van der Waals surface area contributed by atoms with Gasteiger partial charge in [-0.25, -0.2) is 0 Å². The molecule has 2 aromatic carbocycles. The van der Waals surface area contributed by atoms with Gasteiger partial charge in [0, 0.05) is 29.6 Å². The molecule has 1 N–H and O–H groups in total. The maximum atomic E-state index is 12.0. The standard InChI is InChI=1S/C18H20N2O4S/c1-13(2)24-17-5-3-4-15(10-17)19-18(21)12-25-11-14-6-8-16(9-7-14)20(22)23/h3-10,13H,11-12H2,1-2H3,(H,19,21). The fraction of sp³-hybridized carbons (Fsp3) is 0.278. The summed E-state index contributed by atoms with van der Waals surface area (Å²) >= 11 is 1.45. The minimum atomic E-state index is -0.429. The number of non-ortho nitro benzene ring substituents is 1. The molecule has 25 heavy (non-hydrogen) atoms. The van der Waals surface area contributed by atoms with Gasteiger partial charge in [-0.1, -0.05) is 18.2 Å². The van der Waals surface area contributed by atoms with Crippen LogP contribution >= 0.6 is 11.8 Å². The Hall–Kier alpha value is -2.54. The lowest BCUT2D eigenvalue weighted by Gasteiger charge is -2.11. The number of carbonyl (C=O) groups excluding carboxylic acids is 1. The molecule has 0 aliphatic heterocycles. The summed E-state index contributed by atoms with van der Waals surface area (Å²) in [5, 5.41) is 13.4. The lowest BCUT2D eigenvalue weighted by Crippen LogP contribution is -2.14. The zero-order valence-corrected chi connectivity index (χ0v) is 14.9. The number of ether oxygens (including phenoxy) is 1. The number of hydrogen-bond donors (Lipinski definition) is 1. The van der Waals surface area contributed by atoms with Crippen LogP contribution in [0.2, 0.25) is 0 Å². The molecule has 7 heteroatoms. The molecule has 0 bridgehead atoms. The predicted molar refractivity (Wildman–Crippen MR) is 100 cm³/mol. The second kappa shape index (κ2) is 9.08. The number of benzene rings is 2. The zero-order chi connectivity index (χ0) is 18.2. The fourth-order valence-electron chi connectivity index (χ4n) is 2.09. The van der Waals surface area contributed by atoms with E-state index >= 15 is 0 Å². The van der Waals surface area contributed by atoms with E-state index in [1.54, 1.807) is 18.2 Å². The molecule has 0 aliphatic rings. The van der Waals surface area contributed by atoms with Crippen molar-refractivity contribution in [1.29, 1.82) is 0 Å². The first-order valence-corrected chi connectivity index (χ1v) is 8.97. The summed E-state index contributed by atoms with van der Waals surface area (Å²) < 4.78 is 5.60. The number of nitrogens with one attached hydrogen (secondary N) is 1. The Morgan fingerprint density at radius 3 is 2.60 bits per heavy atom. The van der Waals surface area contributed by atoms with Gasteiger partial charge in [0.1, 0.15) is 5.75 Å². The normalized spacial score (nSPS) is 10.5. The van der Waals surface area contributed by atoms with Gasteiger partial charge < -0.3 is 10.1 Å². The number of amides is 1. The van der Waals surface area contributed by atoms with Gasteiger partial charge in [0.05, 0.1) is 16.8 Å². The largest absolute Gasteiger partial charge is 0.491 e. The Balaban J connectivity index is 1.79. The second-order valence-corrected chi connectivity index (χ2v) is 6.64. The highest BCUT2D eigenvalue weighted by atomic mass is 32.2. The number of anilines is 1. The summed E-state index contributed by atoms with van der Waals surface area (Å²) in [6, 6.07) is 13.6. The Morgan fingerprint density at radius 2 is 1.96 bits per heavy atom. The number of rotatable bonds is 8. The average Bonchev–Trinajstić information content (AvgIpc) is 2.55. The molecule has 1 amide bonds. The molecule has 0 unspecified atom stereocenters. The van der Waals surface area contributed by atoms with E-state index in [1.165, 1.54) is 23.9 Å². The van der Waals surface area contributed by atoms with Gasteiger partial charge in [0.15, 0.2) is 0 Å². The number of hydrogen-bond acceptors (Lipinski definition) is 5. The van der Waals surface area contributed by atoms with Crippen LogP contribution in [0.3, 0.4) is 0 Å². The number of thioether (sulfide) groups is 1. The average molecular weight is 360 g/mol. The minimum Gasteiger partial charge on any atom is -0.491 e. The molecule has 6 nitrogen and oxygen atoms in total. The molecule has 0 radical (unpaired) electrons. The van der Waals surface area contributed by atoms with E-state index in [4.69, 9.17) is 4.74 Å². The first-order chi connectivity index (χ1) is 11.9. The van der Waals surface area contributed by atoms with Gasteiger partial charge in [-0.05, 0) is 31.5 Å². The third-order valence-corrected chi connectivity index (χ3v) is 4.14. The smallest absolute Gasteiger partial charge is 0.269 e. The van der Waals surface area contributed by atoms with Crippen LogP contribution in [0.1, 0.15) is 19.4 Å². The summed E-state index contributed by atoms with van der Waals surface area (Å²) in [5.74, 6) is 1.52. The highest BCUT2D eigenvalue weighted by molar-refractivity contribution is 7.99. The van der Waals surface area contributed by atoms with E-state index in [-0.39, 0.29) is 17.7 Å². The molecule has 0 fully saturated rings. The Bertz CT molecular complexity index is 732. The molecule has 0 spiro atoms. The van der Waals surface area contributed by atoms with Crippen molar-refractivity contribution in [3.05, 3.63) is 64.2 Å². The van der Waals surface area contributed by atoms with Crippen molar-refractivity contribution in [2.24, 2.45) is 0 Å². The van der Waals surface area contributed by atoms with Crippen LogP contribution < -0.4 is 10.1 Å². The van der Waals surface area contributed by atoms with Crippen LogP contribution in [0.4, 0.5) is 11.4 Å². The van der Waals surface area contributed by atoms with Gasteiger partial charge in [-0.2, -0.15) is 0 Å². The van der Waals surface area contributed by atoms with E-state index in [9.17, 15) is 14.9 Å². The predicted octanol–water partition coefficient (Wildman–Crippen LogP) is 4.25. The fourth-order valence-corrected chi connectivity index (χ4v) is 2.88. The van der Waals surface area contributed by atoms with Crippen molar-refractivity contribution in [2.45, 2.75) is 25.7 Å². The van der Waals surface area contributed by atoms with E-state index < -0.39 is 4.92 Å². The Labute approximate surface area is 150 Å². The molecular formula is C18H20N2O4S. The number of nitrogens with zero attached hydrogens (tertiary/aromatic N) is 1. The highest BCUT2D eigenvalue weighted by Gasteiger charge is 2.07. The maximum Gasteiger partial charge on any atom is 0.269 e. The van der Waals surface area contributed by atoms with Crippen LogP contribution in [0.5, 0.6) is 5.75 Å². The topological polar surface area (TPSA) is 81.5 Å². The van der Waals surface area contributed by atoms with Gasteiger partial charge in [0.2, 0.25) is 5.91 Å². The summed E-state index contributed by atoms with van der Waals surface area (Å²) in [7, 11) is 0. The third-order valence-electron chi connectivity index (χ3n) is 3.14. The van der Waals surface area contributed by atoms with Crippen molar-refractivity contribution >= 4 is 29.0 Å². The van der Waals surface area contributed by atoms with Crippen LogP contribution in [-0.4, -0.2) is 22.7 Å². The van der Waals surface area contributed by atoms with Crippen molar-refractivity contribution in [3.8, 4) is 5.75 Å². The van der Waals surface area contributed by atoms with E-state index in [0.29, 0.717) is 22.9 Å². The van der Waals surface area contributed by atoms with Crippen molar-refractivity contribution < 1.29 is 14.5 Å². The zero-order valence-electron chi connectivity index (χ0n) is 14.1. The minimum absolute atomic E-state index is 0.0648. The first kappa shape index (κ1) is 18.8. The maximum absolute atomic E-state index is 12.0. The van der Waals surface area contributed by atoms with Gasteiger partial charge in [0.25, 0.3) is 5.69 Å². The number of nitro groups is 1. The van der Waals surface area contributed by atoms with Crippen LogP contribution in [-0.2, 0) is 10.5 Å². The molecule has 132 valence electrons. The molecule has 0 aliphatic carbocycles. The van der Waals surface area contributed by atoms with Crippen molar-refractivity contribution in [2.75, 3.05) is 11.1 Å². The number of nitro benzene ring substituents is 1. The lowest BCUT2D eigenvalue weighted by molar-refractivity contribution is -0.384. The molecule has 2 aromatic rings. The second-order valence-electron chi connectivity index (χ2n) is 5.66. The molecular weight excluding hydrogens is 340 g/mol.